The molecule has 2 N–H and O–H groups in total. The van der Waals surface area contributed by atoms with Gasteiger partial charge in [-0.25, -0.2) is 4.99 Å². The van der Waals surface area contributed by atoms with Gasteiger partial charge in [-0.15, -0.1) is 0 Å². The quantitative estimate of drug-likeness (QED) is 0.744. The second-order valence-corrected chi connectivity index (χ2v) is 3.27. The van der Waals surface area contributed by atoms with E-state index >= 15 is 0 Å². The highest BCUT2D eigenvalue weighted by atomic mass is 35.5. The van der Waals surface area contributed by atoms with Gasteiger partial charge in [0.15, 0.2) is 0 Å². The molecule has 1 unspecified atom stereocenters. The molecule has 0 aromatic carbocycles. The molecular weight excluding hydrogens is 221 g/mol. The lowest BCUT2D eigenvalue weighted by molar-refractivity contribution is -0.237. The molecule has 1 rings (SSSR count). The lowest BCUT2D eigenvalue weighted by Crippen LogP contribution is -2.50. The minimum Gasteiger partial charge on any atom is -0.383 e. The summed E-state index contributed by atoms with van der Waals surface area (Å²) >= 11 is 5.50. The molecule has 3 nitrogen and oxygen atoms in total. The summed E-state index contributed by atoms with van der Waals surface area (Å²) in [4.78, 5) is 3.36. The molecule has 0 aromatic heterocycles. The number of alkyl halides is 3. The topological polar surface area (TPSA) is 47.6 Å². The minimum atomic E-state index is -4.56. The summed E-state index contributed by atoms with van der Waals surface area (Å²) in [6, 6.07) is 0. The molecule has 1 aliphatic rings. The van der Waals surface area contributed by atoms with Gasteiger partial charge < -0.3 is 10.5 Å². The van der Waals surface area contributed by atoms with E-state index in [2.05, 4.69) is 9.73 Å². The van der Waals surface area contributed by atoms with E-state index in [1.165, 1.54) is 0 Å². The SMILES string of the molecule is COC1(C(F)(F)F)C=NC(N)=C(Cl)C1. The molecule has 0 spiro atoms. The molecule has 0 aromatic rings. The van der Waals surface area contributed by atoms with Crippen molar-refractivity contribution in [2.45, 2.75) is 18.2 Å². The number of methoxy groups -OCH3 is 1. The number of ether oxygens (including phenoxy) is 1. The van der Waals surface area contributed by atoms with E-state index in [1.54, 1.807) is 0 Å². The Bertz CT molecular complexity index is 300. The number of rotatable bonds is 1. The second-order valence-electron chi connectivity index (χ2n) is 2.82. The summed E-state index contributed by atoms with van der Waals surface area (Å²) in [5.74, 6) is -0.108. The average molecular weight is 229 g/mol. The normalized spacial score (nSPS) is 28.4. The van der Waals surface area contributed by atoms with Crippen LogP contribution in [0, 0.1) is 0 Å². The summed E-state index contributed by atoms with van der Waals surface area (Å²) in [6.45, 7) is 0. The highest BCUT2D eigenvalue weighted by Crippen LogP contribution is 2.40. The molecule has 0 radical (unpaired) electrons. The van der Waals surface area contributed by atoms with Crippen LogP contribution in [0.5, 0.6) is 0 Å². The Morgan fingerprint density at radius 1 is 1.64 bits per heavy atom. The zero-order valence-corrected chi connectivity index (χ0v) is 7.99. The predicted octanol–water partition coefficient (Wildman–Crippen LogP) is 1.78. The number of halogens is 4. The van der Waals surface area contributed by atoms with Gasteiger partial charge in [0, 0.05) is 19.7 Å². The smallest absolute Gasteiger partial charge is 0.383 e. The van der Waals surface area contributed by atoms with Crippen LogP contribution in [0.25, 0.3) is 0 Å². The summed E-state index contributed by atoms with van der Waals surface area (Å²) in [5.41, 5.74) is 2.77. The molecule has 0 aliphatic carbocycles. The maximum atomic E-state index is 12.6. The van der Waals surface area contributed by atoms with Crippen molar-refractivity contribution in [3.8, 4) is 0 Å². The Balaban J connectivity index is 3.05. The molecule has 0 amide bonds. The van der Waals surface area contributed by atoms with E-state index in [9.17, 15) is 13.2 Å². The van der Waals surface area contributed by atoms with Crippen LogP contribution in [-0.2, 0) is 4.74 Å². The van der Waals surface area contributed by atoms with Crippen LogP contribution >= 0.6 is 11.6 Å². The van der Waals surface area contributed by atoms with Crippen LogP contribution in [0.3, 0.4) is 0 Å². The van der Waals surface area contributed by atoms with E-state index < -0.39 is 18.2 Å². The fourth-order valence-electron chi connectivity index (χ4n) is 1.02. The maximum Gasteiger partial charge on any atom is 0.422 e. The summed E-state index contributed by atoms with van der Waals surface area (Å²) in [6.07, 6.45) is -4.47. The fourth-order valence-corrected chi connectivity index (χ4v) is 1.27. The van der Waals surface area contributed by atoms with Crippen molar-refractivity contribution in [1.82, 2.24) is 0 Å². The van der Waals surface area contributed by atoms with Gasteiger partial charge in [-0.05, 0) is 0 Å². The van der Waals surface area contributed by atoms with E-state index in [0.717, 1.165) is 7.11 Å². The summed E-state index contributed by atoms with van der Waals surface area (Å²) in [7, 11) is 0.950. The van der Waals surface area contributed by atoms with Crippen molar-refractivity contribution in [2.24, 2.45) is 10.7 Å². The Morgan fingerprint density at radius 2 is 2.21 bits per heavy atom. The van der Waals surface area contributed by atoms with E-state index in [-0.39, 0.29) is 10.9 Å². The van der Waals surface area contributed by atoms with Crippen LogP contribution in [0.15, 0.2) is 15.8 Å². The van der Waals surface area contributed by atoms with Gasteiger partial charge in [0.2, 0.25) is 5.60 Å². The van der Waals surface area contributed by atoms with Crippen molar-refractivity contribution in [3.63, 3.8) is 0 Å². The van der Waals surface area contributed by atoms with E-state index in [0.29, 0.717) is 6.21 Å². The highest BCUT2D eigenvalue weighted by molar-refractivity contribution is 6.30. The number of hydrogen-bond acceptors (Lipinski definition) is 3. The van der Waals surface area contributed by atoms with Crippen LogP contribution in [-0.4, -0.2) is 25.1 Å². The Morgan fingerprint density at radius 3 is 2.57 bits per heavy atom. The summed E-state index contributed by atoms with van der Waals surface area (Å²) in [5, 5.41) is -0.147. The molecule has 1 atom stereocenters. The van der Waals surface area contributed by atoms with Crippen LogP contribution < -0.4 is 5.73 Å². The van der Waals surface area contributed by atoms with Gasteiger partial charge >= 0.3 is 6.18 Å². The number of nitrogens with zero attached hydrogens (tertiary/aromatic N) is 1. The number of aliphatic imine (C=N–C) groups is 1. The zero-order valence-electron chi connectivity index (χ0n) is 7.23. The molecular formula is C7H8ClF3N2O. The van der Waals surface area contributed by atoms with Gasteiger partial charge in [0.05, 0.1) is 5.03 Å². The monoisotopic (exact) mass is 228 g/mol. The molecule has 0 saturated heterocycles. The lowest BCUT2D eigenvalue weighted by atomic mass is 9.98. The van der Waals surface area contributed by atoms with E-state index in [1.807, 2.05) is 0 Å². The molecule has 0 saturated carbocycles. The summed E-state index contributed by atoms with van der Waals surface area (Å²) < 4.78 is 42.1. The molecule has 14 heavy (non-hydrogen) atoms. The second kappa shape index (κ2) is 3.43. The average Bonchev–Trinajstić information content (AvgIpc) is 2.08. The standard InChI is InChI=1S/C7H8ClF3N2O/c1-14-6(7(9,10)11)2-4(8)5(12)13-3-6/h3H,2,12H2,1H3. The zero-order chi connectivity index (χ0) is 11.0. The van der Waals surface area contributed by atoms with Crippen molar-refractivity contribution >= 4 is 17.8 Å². The van der Waals surface area contributed by atoms with E-state index in [4.69, 9.17) is 17.3 Å². The largest absolute Gasteiger partial charge is 0.422 e. The maximum absolute atomic E-state index is 12.6. The Kier molecular flexibility index (Phi) is 2.78. The van der Waals surface area contributed by atoms with Gasteiger partial charge in [-0.3, -0.25) is 0 Å². The molecule has 1 aliphatic heterocycles. The Labute approximate surface area is 83.4 Å². The van der Waals surface area contributed by atoms with Crippen LogP contribution in [0.2, 0.25) is 0 Å². The Hall–Kier alpha value is -0.750. The molecule has 1 heterocycles. The number of nitrogens with two attached hydrogens (primary N) is 1. The first-order valence-electron chi connectivity index (χ1n) is 3.63. The highest BCUT2D eigenvalue weighted by Gasteiger charge is 2.56. The van der Waals surface area contributed by atoms with Crippen LogP contribution in [0.1, 0.15) is 6.42 Å². The third-order valence-electron chi connectivity index (χ3n) is 1.95. The molecule has 0 fully saturated rings. The van der Waals surface area contributed by atoms with Crippen LogP contribution in [0.4, 0.5) is 13.2 Å². The first kappa shape index (κ1) is 11.3. The van der Waals surface area contributed by atoms with Crippen molar-refractivity contribution in [1.29, 1.82) is 0 Å². The fraction of sp³-hybridized carbons (Fsp3) is 0.571. The van der Waals surface area contributed by atoms with Gasteiger partial charge in [0.25, 0.3) is 0 Å². The van der Waals surface area contributed by atoms with Crippen molar-refractivity contribution in [2.75, 3.05) is 7.11 Å². The van der Waals surface area contributed by atoms with Gasteiger partial charge in [0.1, 0.15) is 5.82 Å². The number of hydrogen-bond donors (Lipinski definition) is 1. The predicted molar refractivity (Wildman–Crippen MR) is 46.0 cm³/mol. The molecule has 7 heteroatoms. The lowest BCUT2D eigenvalue weighted by Gasteiger charge is -2.32. The van der Waals surface area contributed by atoms with Crippen molar-refractivity contribution in [3.05, 3.63) is 10.9 Å². The first-order chi connectivity index (χ1) is 6.32. The third kappa shape index (κ3) is 1.72. The minimum absolute atomic E-state index is 0.108. The molecule has 0 bridgehead atoms. The van der Waals surface area contributed by atoms with Gasteiger partial charge in [-0.2, -0.15) is 13.2 Å². The third-order valence-corrected chi connectivity index (χ3v) is 2.28. The first-order valence-corrected chi connectivity index (χ1v) is 4.01. The molecule has 80 valence electrons. The van der Waals surface area contributed by atoms with Crippen molar-refractivity contribution < 1.29 is 17.9 Å². The van der Waals surface area contributed by atoms with Gasteiger partial charge in [-0.1, -0.05) is 11.6 Å².